The normalized spacial score (nSPS) is 10.6. The number of nitrogens with zero attached hydrogens (tertiary/aromatic N) is 1. The number of halogens is 4. The van der Waals surface area contributed by atoms with Gasteiger partial charge in [0.15, 0.2) is 0 Å². The van der Waals surface area contributed by atoms with Crippen molar-refractivity contribution in [2.45, 2.75) is 6.43 Å². The number of hydrogen-bond donors (Lipinski definition) is 0. The van der Waals surface area contributed by atoms with Crippen molar-refractivity contribution >= 4 is 27.5 Å². The number of hydrogen-bond acceptors (Lipinski definition) is 1. The van der Waals surface area contributed by atoms with Crippen LogP contribution in [0.4, 0.5) is 8.78 Å². The Bertz CT molecular complexity index is 267. The molecule has 11 heavy (non-hydrogen) atoms. The highest BCUT2D eigenvalue weighted by atomic mass is 79.9. The molecule has 0 amide bonds. The summed E-state index contributed by atoms with van der Waals surface area (Å²) < 4.78 is 24.5. The molecular weight excluding hydrogens is 239 g/mol. The highest BCUT2D eigenvalue weighted by molar-refractivity contribution is 9.10. The third-order valence-electron chi connectivity index (χ3n) is 1.08. The summed E-state index contributed by atoms with van der Waals surface area (Å²) in [5.74, 6) is 0. The lowest BCUT2D eigenvalue weighted by Gasteiger charge is -2.00. The molecule has 1 heterocycles. The van der Waals surface area contributed by atoms with Crippen LogP contribution in [0.5, 0.6) is 0 Å². The molecule has 0 saturated carbocycles. The van der Waals surface area contributed by atoms with Crippen molar-refractivity contribution in [1.29, 1.82) is 0 Å². The second-order valence-corrected chi connectivity index (χ2v) is 3.05. The number of pyridine rings is 1. The van der Waals surface area contributed by atoms with Crippen LogP contribution in [0.15, 0.2) is 16.9 Å². The first kappa shape index (κ1) is 8.87. The molecule has 0 bridgehead atoms. The van der Waals surface area contributed by atoms with Gasteiger partial charge < -0.3 is 0 Å². The predicted molar refractivity (Wildman–Crippen MR) is 41.9 cm³/mol. The van der Waals surface area contributed by atoms with Crippen molar-refractivity contribution in [3.63, 3.8) is 0 Å². The fraction of sp³-hybridized carbons (Fsp3) is 0.167. The first-order chi connectivity index (χ1) is 5.11. The minimum atomic E-state index is -2.57. The van der Waals surface area contributed by atoms with Crippen molar-refractivity contribution in [3.8, 4) is 0 Å². The van der Waals surface area contributed by atoms with Gasteiger partial charge in [0.05, 0.1) is 10.6 Å². The summed E-state index contributed by atoms with van der Waals surface area (Å²) in [7, 11) is 0. The number of aromatic nitrogens is 1. The Kier molecular flexibility index (Phi) is 2.78. The summed E-state index contributed by atoms with van der Waals surface area (Å²) in [4.78, 5) is 3.61. The van der Waals surface area contributed by atoms with E-state index in [1.807, 2.05) is 0 Å². The molecule has 0 fully saturated rings. The molecule has 1 aromatic rings. The Morgan fingerprint density at radius 3 is 2.64 bits per heavy atom. The largest absolute Gasteiger partial charge is 0.266 e. The maximum atomic E-state index is 12.0. The van der Waals surface area contributed by atoms with E-state index < -0.39 is 6.43 Å². The monoisotopic (exact) mass is 241 g/mol. The van der Waals surface area contributed by atoms with Crippen LogP contribution in [0.3, 0.4) is 0 Å². The molecule has 0 aliphatic carbocycles. The van der Waals surface area contributed by atoms with Crippen molar-refractivity contribution in [2.24, 2.45) is 0 Å². The number of rotatable bonds is 1. The van der Waals surface area contributed by atoms with Crippen LogP contribution in [0.2, 0.25) is 5.02 Å². The molecule has 0 atom stereocenters. The molecular formula is C6H3BrClF2N. The molecule has 1 aromatic heterocycles. The zero-order chi connectivity index (χ0) is 8.43. The Balaban J connectivity index is 3.09. The van der Waals surface area contributed by atoms with Gasteiger partial charge in [-0.05, 0) is 22.0 Å². The number of alkyl halides is 2. The molecule has 0 radical (unpaired) electrons. The van der Waals surface area contributed by atoms with Crippen molar-refractivity contribution in [1.82, 2.24) is 4.98 Å². The van der Waals surface area contributed by atoms with Gasteiger partial charge in [-0.15, -0.1) is 0 Å². The molecule has 5 heteroatoms. The Hall–Kier alpha value is -0.220. The molecule has 1 rings (SSSR count). The summed E-state index contributed by atoms with van der Waals surface area (Å²) in [6.45, 7) is 0. The summed E-state index contributed by atoms with van der Waals surface area (Å²) in [6, 6.07) is 1.34. The molecule has 0 aromatic carbocycles. The van der Waals surface area contributed by atoms with Gasteiger partial charge in [0, 0.05) is 6.20 Å². The van der Waals surface area contributed by atoms with Crippen molar-refractivity contribution in [2.75, 3.05) is 0 Å². The Morgan fingerprint density at radius 1 is 1.55 bits per heavy atom. The Morgan fingerprint density at radius 2 is 2.18 bits per heavy atom. The van der Waals surface area contributed by atoms with Gasteiger partial charge in [0.1, 0.15) is 4.60 Å². The molecule has 0 aliphatic heterocycles. The summed E-state index contributed by atoms with van der Waals surface area (Å²) in [5, 5.41) is 0.0295. The molecule has 1 nitrogen and oxygen atoms in total. The SMILES string of the molecule is FC(F)c1cnc(Br)cc1Cl. The van der Waals surface area contributed by atoms with E-state index in [1.54, 1.807) is 0 Å². The minimum Gasteiger partial charge on any atom is -0.249 e. The first-order valence-corrected chi connectivity index (χ1v) is 3.87. The van der Waals surface area contributed by atoms with Gasteiger partial charge in [-0.3, -0.25) is 0 Å². The van der Waals surface area contributed by atoms with Gasteiger partial charge in [-0.1, -0.05) is 11.6 Å². The summed E-state index contributed by atoms with van der Waals surface area (Å²) >= 11 is 8.48. The zero-order valence-electron chi connectivity index (χ0n) is 5.19. The van der Waals surface area contributed by atoms with Crippen LogP contribution in [0, 0.1) is 0 Å². The van der Waals surface area contributed by atoms with Crippen molar-refractivity contribution < 1.29 is 8.78 Å². The van der Waals surface area contributed by atoms with E-state index >= 15 is 0 Å². The quantitative estimate of drug-likeness (QED) is 0.688. The minimum absolute atomic E-state index is 0.0295. The molecule has 0 unspecified atom stereocenters. The average Bonchev–Trinajstić information content (AvgIpc) is 1.85. The van der Waals surface area contributed by atoms with E-state index in [1.165, 1.54) is 6.07 Å². The molecule has 0 spiro atoms. The lowest BCUT2D eigenvalue weighted by atomic mass is 10.3. The van der Waals surface area contributed by atoms with Gasteiger partial charge in [-0.2, -0.15) is 0 Å². The molecule has 0 aliphatic rings. The van der Waals surface area contributed by atoms with E-state index in [2.05, 4.69) is 20.9 Å². The van der Waals surface area contributed by atoms with Crippen molar-refractivity contribution in [3.05, 3.63) is 27.5 Å². The van der Waals surface area contributed by atoms with Gasteiger partial charge in [0.25, 0.3) is 6.43 Å². The lowest BCUT2D eigenvalue weighted by Crippen LogP contribution is -1.87. The smallest absolute Gasteiger partial charge is 0.249 e. The predicted octanol–water partition coefficient (Wildman–Crippen LogP) is 3.44. The summed E-state index contributed by atoms with van der Waals surface area (Å²) in [5.41, 5.74) is -0.241. The fourth-order valence-corrected chi connectivity index (χ4v) is 1.28. The standard InChI is InChI=1S/C6H3BrClF2N/c7-5-1-4(8)3(2-11-5)6(9)10/h1-2,6H. The third-order valence-corrected chi connectivity index (χ3v) is 1.84. The molecule has 0 saturated heterocycles. The average molecular weight is 242 g/mol. The van der Waals surface area contributed by atoms with Crippen LogP contribution in [-0.4, -0.2) is 4.98 Å². The second kappa shape index (κ2) is 3.45. The second-order valence-electron chi connectivity index (χ2n) is 1.83. The van der Waals surface area contributed by atoms with Gasteiger partial charge >= 0.3 is 0 Å². The van der Waals surface area contributed by atoms with E-state index in [0.717, 1.165) is 6.20 Å². The highest BCUT2D eigenvalue weighted by Gasteiger charge is 2.11. The van der Waals surface area contributed by atoms with E-state index in [0.29, 0.717) is 4.60 Å². The van der Waals surface area contributed by atoms with Crippen LogP contribution in [0.25, 0.3) is 0 Å². The highest BCUT2D eigenvalue weighted by Crippen LogP contribution is 2.27. The third kappa shape index (κ3) is 2.10. The maximum absolute atomic E-state index is 12.0. The molecule has 0 N–H and O–H groups in total. The molecule has 60 valence electrons. The van der Waals surface area contributed by atoms with Gasteiger partial charge in [-0.25, -0.2) is 13.8 Å². The van der Waals surface area contributed by atoms with Crippen LogP contribution in [-0.2, 0) is 0 Å². The topological polar surface area (TPSA) is 12.9 Å². The fourth-order valence-electron chi connectivity index (χ4n) is 0.579. The van der Waals surface area contributed by atoms with E-state index in [4.69, 9.17) is 11.6 Å². The van der Waals surface area contributed by atoms with E-state index in [9.17, 15) is 8.78 Å². The first-order valence-electron chi connectivity index (χ1n) is 2.70. The summed E-state index contributed by atoms with van der Waals surface area (Å²) in [6.07, 6.45) is -1.51. The maximum Gasteiger partial charge on any atom is 0.266 e. The van der Waals surface area contributed by atoms with Crippen LogP contribution in [0.1, 0.15) is 12.0 Å². The zero-order valence-corrected chi connectivity index (χ0v) is 7.53. The van der Waals surface area contributed by atoms with Crippen LogP contribution < -0.4 is 0 Å². The van der Waals surface area contributed by atoms with Crippen LogP contribution >= 0.6 is 27.5 Å². The van der Waals surface area contributed by atoms with E-state index in [-0.39, 0.29) is 10.6 Å². The van der Waals surface area contributed by atoms with Gasteiger partial charge in [0.2, 0.25) is 0 Å². The lowest BCUT2D eigenvalue weighted by molar-refractivity contribution is 0.151. The Labute approximate surface area is 75.5 Å².